The van der Waals surface area contributed by atoms with Crippen molar-refractivity contribution < 1.29 is 19.6 Å². The van der Waals surface area contributed by atoms with Gasteiger partial charge in [-0.25, -0.2) is 9.78 Å². The number of rotatable bonds is 7. The Hall–Kier alpha value is -3.72. The molecule has 0 aliphatic heterocycles. The summed E-state index contributed by atoms with van der Waals surface area (Å²) in [7, 11) is 0. The zero-order chi connectivity index (χ0) is 26.0. The third kappa shape index (κ3) is 5.26. The molecule has 0 spiro atoms. The molecule has 11 heteroatoms. The fourth-order valence-corrected chi connectivity index (χ4v) is 4.58. The Morgan fingerprint density at radius 3 is 2.31 bits per heavy atom. The number of halogens is 3. The van der Waals surface area contributed by atoms with Crippen LogP contribution in [-0.4, -0.2) is 32.9 Å². The normalized spacial score (nSPS) is 11.8. The number of nitro groups is 1. The maximum Gasteiger partial charge on any atom is 0.326 e. The van der Waals surface area contributed by atoms with Crippen molar-refractivity contribution in [3.8, 4) is 11.3 Å². The smallest absolute Gasteiger partial charge is 0.326 e. The number of nitrogens with one attached hydrogen (secondary N) is 1. The molecule has 0 aliphatic rings. The number of carboxylic acids is 1. The molecule has 0 saturated heterocycles. The first-order valence-electron chi connectivity index (χ1n) is 10.5. The molecule has 8 nitrogen and oxygen atoms in total. The summed E-state index contributed by atoms with van der Waals surface area (Å²) in [5.41, 5.74) is 1.53. The summed E-state index contributed by atoms with van der Waals surface area (Å²) in [6.07, 6.45) is -0.0170. The van der Waals surface area contributed by atoms with Gasteiger partial charge in [0.25, 0.3) is 11.6 Å². The second kappa shape index (κ2) is 10.5. The lowest BCUT2D eigenvalue weighted by molar-refractivity contribution is -0.384. The molecule has 4 rings (SSSR count). The number of carbonyl (C=O) groups excluding carboxylic acids is 1. The minimum Gasteiger partial charge on any atom is -0.480 e. The Labute approximate surface area is 219 Å². The Balaban J connectivity index is 1.61. The van der Waals surface area contributed by atoms with E-state index in [-0.39, 0.29) is 38.3 Å². The first kappa shape index (κ1) is 25.4. The lowest BCUT2D eigenvalue weighted by Crippen LogP contribution is -2.42. The molecule has 1 unspecified atom stereocenters. The summed E-state index contributed by atoms with van der Waals surface area (Å²) in [6.45, 7) is 0. The van der Waals surface area contributed by atoms with E-state index in [1.54, 1.807) is 42.5 Å². The van der Waals surface area contributed by atoms with Crippen molar-refractivity contribution in [2.75, 3.05) is 0 Å². The Morgan fingerprint density at radius 2 is 1.64 bits per heavy atom. The van der Waals surface area contributed by atoms with Gasteiger partial charge in [-0.15, -0.1) is 0 Å². The van der Waals surface area contributed by atoms with Crippen molar-refractivity contribution in [2.45, 2.75) is 12.5 Å². The molecule has 4 aromatic rings. The molecule has 1 aromatic heterocycles. The van der Waals surface area contributed by atoms with Gasteiger partial charge < -0.3 is 10.4 Å². The quantitative estimate of drug-likeness (QED) is 0.211. The maximum atomic E-state index is 12.7. The van der Waals surface area contributed by atoms with E-state index in [2.05, 4.69) is 10.3 Å². The average molecular weight is 545 g/mol. The summed E-state index contributed by atoms with van der Waals surface area (Å²) in [4.78, 5) is 40.0. The Kier molecular flexibility index (Phi) is 7.40. The van der Waals surface area contributed by atoms with Crippen LogP contribution >= 0.6 is 34.8 Å². The number of fused-ring (bicyclic) bond motifs is 1. The number of carbonyl (C=O) groups is 2. The number of nitrogens with zero attached hydrogens (tertiary/aromatic N) is 2. The van der Waals surface area contributed by atoms with Crippen LogP contribution in [0.3, 0.4) is 0 Å². The van der Waals surface area contributed by atoms with E-state index in [1.807, 2.05) is 0 Å². The van der Waals surface area contributed by atoms with Gasteiger partial charge in [0.1, 0.15) is 6.04 Å². The topological polar surface area (TPSA) is 122 Å². The van der Waals surface area contributed by atoms with Gasteiger partial charge in [0.05, 0.1) is 42.3 Å². The van der Waals surface area contributed by atoms with Crippen molar-refractivity contribution in [1.29, 1.82) is 0 Å². The molecule has 1 heterocycles. The maximum absolute atomic E-state index is 12.7. The van der Waals surface area contributed by atoms with Crippen molar-refractivity contribution in [3.63, 3.8) is 0 Å². The zero-order valence-electron chi connectivity index (χ0n) is 18.2. The summed E-state index contributed by atoms with van der Waals surface area (Å²) in [5, 5.41) is 24.7. The van der Waals surface area contributed by atoms with Gasteiger partial charge in [-0.05, 0) is 42.0 Å². The molecule has 2 N–H and O–H groups in total. The molecule has 0 radical (unpaired) electrons. The van der Waals surface area contributed by atoms with Crippen molar-refractivity contribution in [1.82, 2.24) is 10.3 Å². The van der Waals surface area contributed by atoms with Gasteiger partial charge in [-0.2, -0.15) is 0 Å². The van der Waals surface area contributed by atoms with E-state index < -0.39 is 22.8 Å². The summed E-state index contributed by atoms with van der Waals surface area (Å²) in [6, 6.07) is 16.1. The van der Waals surface area contributed by atoms with Gasteiger partial charge in [-0.1, -0.05) is 59.1 Å². The molecular weight excluding hydrogens is 529 g/mol. The Bertz CT molecular complexity index is 1510. The van der Waals surface area contributed by atoms with E-state index in [1.165, 1.54) is 24.3 Å². The predicted octanol–water partition coefficient (Wildman–Crippen LogP) is 6.20. The lowest BCUT2D eigenvalue weighted by Gasteiger charge is -2.16. The highest BCUT2D eigenvalue weighted by Crippen LogP contribution is 2.36. The summed E-state index contributed by atoms with van der Waals surface area (Å²) >= 11 is 18.3. The van der Waals surface area contributed by atoms with Gasteiger partial charge in [0.15, 0.2) is 0 Å². The first-order valence-corrected chi connectivity index (χ1v) is 11.6. The minimum atomic E-state index is -1.25. The van der Waals surface area contributed by atoms with Crippen LogP contribution in [0.2, 0.25) is 15.1 Å². The number of aliphatic carboxylic acids is 1. The molecule has 0 bridgehead atoms. The van der Waals surface area contributed by atoms with E-state index in [0.29, 0.717) is 22.2 Å². The molecule has 0 fully saturated rings. The number of aromatic nitrogens is 1. The SMILES string of the molecule is O=C(NC(Cc1ccc2nc(-c3c(Cl)cccc3[N+](=O)[O-])ccc2c1)C(=O)O)c1c(Cl)cccc1Cl. The third-order valence-corrected chi connectivity index (χ3v) is 6.38. The van der Waals surface area contributed by atoms with Crippen LogP contribution < -0.4 is 5.32 Å². The van der Waals surface area contributed by atoms with Crippen LogP contribution in [0.25, 0.3) is 22.2 Å². The highest BCUT2D eigenvalue weighted by molar-refractivity contribution is 6.39. The number of benzene rings is 3. The molecule has 0 saturated carbocycles. The van der Waals surface area contributed by atoms with Crippen LogP contribution in [0.4, 0.5) is 5.69 Å². The number of hydrogen-bond donors (Lipinski definition) is 2. The summed E-state index contributed by atoms with van der Waals surface area (Å²) < 4.78 is 0. The van der Waals surface area contributed by atoms with E-state index >= 15 is 0 Å². The molecular formula is C25H16Cl3N3O5. The Morgan fingerprint density at radius 1 is 0.972 bits per heavy atom. The largest absolute Gasteiger partial charge is 0.480 e. The molecule has 182 valence electrons. The van der Waals surface area contributed by atoms with Crippen molar-refractivity contribution in [2.24, 2.45) is 0 Å². The van der Waals surface area contributed by atoms with Gasteiger partial charge in [0.2, 0.25) is 0 Å². The predicted molar refractivity (Wildman–Crippen MR) is 138 cm³/mol. The van der Waals surface area contributed by atoms with Crippen LogP contribution in [0.15, 0.2) is 66.7 Å². The number of nitro benzene ring substituents is 1. The lowest BCUT2D eigenvalue weighted by atomic mass is 10.0. The average Bonchev–Trinajstić information content (AvgIpc) is 2.83. The zero-order valence-corrected chi connectivity index (χ0v) is 20.5. The number of amides is 1. The second-order valence-electron chi connectivity index (χ2n) is 7.78. The molecule has 36 heavy (non-hydrogen) atoms. The van der Waals surface area contributed by atoms with Crippen LogP contribution in [0.1, 0.15) is 15.9 Å². The van der Waals surface area contributed by atoms with Crippen LogP contribution in [-0.2, 0) is 11.2 Å². The van der Waals surface area contributed by atoms with Gasteiger partial charge >= 0.3 is 5.97 Å². The van der Waals surface area contributed by atoms with Crippen LogP contribution in [0.5, 0.6) is 0 Å². The monoisotopic (exact) mass is 543 g/mol. The number of carboxylic acid groups (broad SMARTS) is 1. The standard InChI is InChI=1S/C25H16Cl3N3O5/c26-15-3-1-4-16(27)22(15)24(32)30-20(25(33)34)12-13-7-9-18-14(11-13)8-10-19(29-18)23-17(28)5-2-6-21(23)31(35)36/h1-11,20H,12H2,(H,30,32)(H,33,34). The fraction of sp³-hybridized carbons (Fsp3) is 0.0800. The third-order valence-electron chi connectivity index (χ3n) is 5.43. The molecule has 0 aliphatic carbocycles. The molecule has 3 aromatic carbocycles. The number of pyridine rings is 1. The summed E-state index contributed by atoms with van der Waals surface area (Å²) in [5.74, 6) is -1.93. The fourth-order valence-electron chi connectivity index (χ4n) is 3.74. The second-order valence-corrected chi connectivity index (χ2v) is 9.00. The van der Waals surface area contributed by atoms with E-state index in [0.717, 1.165) is 0 Å². The van der Waals surface area contributed by atoms with Crippen LogP contribution in [0, 0.1) is 10.1 Å². The van der Waals surface area contributed by atoms with Crippen molar-refractivity contribution >= 4 is 63.3 Å². The highest BCUT2D eigenvalue weighted by Gasteiger charge is 2.24. The van der Waals surface area contributed by atoms with E-state index in [4.69, 9.17) is 34.8 Å². The molecule has 1 atom stereocenters. The molecule has 1 amide bonds. The van der Waals surface area contributed by atoms with E-state index in [9.17, 15) is 24.8 Å². The number of hydrogen-bond acceptors (Lipinski definition) is 5. The van der Waals surface area contributed by atoms with Gasteiger partial charge in [-0.3, -0.25) is 14.9 Å². The van der Waals surface area contributed by atoms with Gasteiger partial charge in [0, 0.05) is 17.9 Å². The minimum absolute atomic E-state index is 0.00371. The first-order chi connectivity index (χ1) is 17.2. The highest BCUT2D eigenvalue weighted by atomic mass is 35.5. The van der Waals surface area contributed by atoms with Crippen molar-refractivity contribution in [3.05, 3.63) is 103 Å².